The van der Waals surface area contributed by atoms with Crippen LogP contribution in [0.2, 0.25) is 0 Å². The first kappa shape index (κ1) is 15.2. The maximum absolute atomic E-state index is 11.9. The minimum Gasteiger partial charge on any atom is -0.452 e. The molecule has 0 aliphatic carbocycles. The van der Waals surface area contributed by atoms with Gasteiger partial charge in [0.2, 0.25) is 0 Å². The molecule has 1 amide bonds. The molecule has 1 aromatic rings. The highest BCUT2D eigenvalue weighted by atomic mass is 127. The minimum absolute atomic E-state index is 0.0269. The van der Waals surface area contributed by atoms with Crippen molar-refractivity contribution in [3.63, 3.8) is 0 Å². The molecule has 6 heteroatoms. The van der Waals surface area contributed by atoms with Gasteiger partial charge in [-0.05, 0) is 47.7 Å². The second-order valence-electron chi connectivity index (χ2n) is 4.61. The molecule has 1 unspecified atom stereocenters. The first-order chi connectivity index (χ1) is 9.56. The quantitative estimate of drug-likeness (QED) is 0.584. The summed E-state index contributed by atoms with van der Waals surface area (Å²) in [6.45, 7) is 3.30. The largest absolute Gasteiger partial charge is 0.452 e. The zero-order valence-corrected chi connectivity index (χ0v) is 13.3. The van der Waals surface area contributed by atoms with Crippen LogP contribution in [0.5, 0.6) is 0 Å². The van der Waals surface area contributed by atoms with Crippen LogP contribution >= 0.6 is 22.6 Å². The third kappa shape index (κ3) is 4.17. The smallest absolute Gasteiger partial charge is 0.338 e. The third-order valence-electron chi connectivity index (χ3n) is 2.98. The molecule has 1 aliphatic heterocycles. The molecular formula is C14H16INO4. The van der Waals surface area contributed by atoms with E-state index in [9.17, 15) is 9.59 Å². The molecule has 0 aromatic heterocycles. The number of nitrogens with zero attached hydrogens (tertiary/aromatic N) is 1. The number of carbonyl (C=O) groups is 2. The summed E-state index contributed by atoms with van der Waals surface area (Å²) in [7, 11) is 0. The zero-order valence-electron chi connectivity index (χ0n) is 11.2. The number of carbonyl (C=O) groups excluding carboxylic acids is 2. The Morgan fingerprint density at radius 2 is 2.30 bits per heavy atom. The van der Waals surface area contributed by atoms with Gasteiger partial charge in [-0.2, -0.15) is 0 Å². The summed E-state index contributed by atoms with van der Waals surface area (Å²) >= 11 is 2.12. The van der Waals surface area contributed by atoms with Gasteiger partial charge in [-0.15, -0.1) is 0 Å². The minimum atomic E-state index is -0.474. The summed E-state index contributed by atoms with van der Waals surface area (Å²) in [4.78, 5) is 25.4. The normalized spacial score (nSPS) is 18.7. The standard InChI is InChI=1S/C14H16INO4/c1-10-8-16(5-6-19-10)13(17)9-20-14(18)11-3-2-4-12(15)7-11/h2-4,7,10H,5-6,8-9H2,1H3. The molecule has 1 aliphatic rings. The van der Waals surface area contributed by atoms with E-state index in [1.807, 2.05) is 13.0 Å². The molecule has 1 atom stereocenters. The van der Waals surface area contributed by atoms with Gasteiger partial charge < -0.3 is 14.4 Å². The number of benzene rings is 1. The third-order valence-corrected chi connectivity index (χ3v) is 3.65. The highest BCUT2D eigenvalue weighted by molar-refractivity contribution is 14.1. The van der Waals surface area contributed by atoms with Crippen LogP contribution in [0.25, 0.3) is 0 Å². The van der Waals surface area contributed by atoms with Crippen molar-refractivity contribution < 1.29 is 19.1 Å². The van der Waals surface area contributed by atoms with Gasteiger partial charge in [-0.25, -0.2) is 4.79 Å². The van der Waals surface area contributed by atoms with Crippen molar-refractivity contribution in [2.45, 2.75) is 13.0 Å². The van der Waals surface area contributed by atoms with Gasteiger partial charge in [0.15, 0.2) is 6.61 Å². The molecule has 20 heavy (non-hydrogen) atoms. The number of esters is 1. The molecule has 2 rings (SSSR count). The number of rotatable bonds is 3. The van der Waals surface area contributed by atoms with Crippen LogP contribution < -0.4 is 0 Å². The molecule has 0 N–H and O–H groups in total. The predicted octanol–water partition coefficient (Wildman–Crippen LogP) is 1.70. The molecular weight excluding hydrogens is 373 g/mol. The van der Waals surface area contributed by atoms with E-state index in [0.29, 0.717) is 25.3 Å². The van der Waals surface area contributed by atoms with E-state index in [-0.39, 0.29) is 18.6 Å². The molecule has 1 heterocycles. The van der Waals surface area contributed by atoms with Crippen molar-refractivity contribution in [1.82, 2.24) is 4.90 Å². The average molecular weight is 389 g/mol. The number of amides is 1. The predicted molar refractivity (Wildman–Crippen MR) is 81.4 cm³/mol. The molecule has 1 aromatic carbocycles. The first-order valence-electron chi connectivity index (χ1n) is 6.38. The molecule has 108 valence electrons. The van der Waals surface area contributed by atoms with Crippen LogP contribution in [0, 0.1) is 3.57 Å². The Kier molecular flexibility index (Phi) is 5.36. The first-order valence-corrected chi connectivity index (χ1v) is 7.46. The van der Waals surface area contributed by atoms with Crippen LogP contribution in [0.4, 0.5) is 0 Å². The molecule has 0 radical (unpaired) electrons. The highest BCUT2D eigenvalue weighted by Gasteiger charge is 2.22. The average Bonchev–Trinajstić information content (AvgIpc) is 2.44. The van der Waals surface area contributed by atoms with Crippen molar-refractivity contribution in [1.29, 1.82) is 0 Å². The molecule has 0 bridgehead atoms. The maximum Gasteiger partial charge on any atom is 0.338 e. The molecule has 0 spiro atoms. The number of hydrogen-bond donors (Lipinski definition) is 0. The van der Waals surface area contributed by atoms with Gasteiger partial charge in [0, 0.05) is 16.7 Å². The maximum atomic E-state index is 11.9. The summed E-state index contributed by atoms with van der Waals surface area (Å²) in [6.07, 6.45) is 0.0269. The number of ether oxygens (including phenoxy) is 2. The van der Waals surface area contributed by atoms with Gasteiger partial charge in [0.05, 0.1) is 18.3 Å². The van der Waals surface area contributed by atoms with E-state index >= 15 is 0 Å². The van der Waals surface area contributed by atoms with E-state index < -0.39 is 5.97 Å². The second kappa shape index (κ2) is 7.03. The summed E-state index contributed by atoms with van der Waals surface area (Å²) in [5.74, 6) is -0.655. The number of halogens is 1. The Hall–Kier alpha value is -1.15. The molecule has 5 nitrogen and oxygen atoms in total. The van der Waals surface area contributed by atoms with Gasteiger partial charge in [0.25, 0.3) is 5.91 Å². The van der Waals surface area contributed by atoms with Crippen molar-refractivity contribution in [2.24, 2.45) is 0 Å². The lowest BCUT2D eigenvalue weighted by molar-refractivity contribution is -0.141. The molecule has 1 fully saturated rings. The highest BCUT2D eigenvalue weighted by Crippen LogP contribution is 2.09. The summed E-state index contributed by atoms with van der Waals surface area (Å²) in [5.41, 5.74) is 0.458. The monoisotopic (exact) mass is 389 g/mol. The van der Waals surface area contributed by atoms with Crippen LogP contribution in [-0.4, -0.2) is 49.2 Å². The van der Waals surface area contributed by atoms with Gasteiger partial charge in [0.1, 0.15) is 0 Å². The van der Waals surface area contributed by atoms with Crippen LogP contribution in [0.3, 0.4) is 0 Å². The lowest BCUT2D eigenvalue weighted by Gasteiger charge is -2.30. The Balaban J connectivity index is 1.85. The van der Waals surface area contributed by atoms with Gasteiger partial charge >= 0.3 is 5.97 Å². The molecule has 1 saturated heterocycles. The Morgan fingerprint density at radius 1 is 1.50 bits per heavy atom. The Morgan fingerprint density at radius 3 is 3.00 bits per heavy atom. The fraction of sp³-hybridized carbons (Fsp3) is 0.429. The number of hydrogen-bond acceptors (Lipinski definition) is 4. The Bertz CT molecular complexity index is 506. The van der Waals surface area contributed by atoms with E-state index in [4.69, 9.17) is 9.47 Å². The fourth-order valence-electron chi connectivity index (χ4n) is 1.96. The van der Waals surface area contributed by atoms with E-state index in [2.05, 4.69) is 22.6 Å². The van der Waals surface area contributed by atoms with Gasteiger partial charge in [-0.3, -0.25) is 4.79 Å². The fourth-order valence-corrected chi connectivity index (χ4v) is 2.51. The summed E-state index contributed by atoms with van der Waals surface area (Å²) < 4.78 is 11.4. The lowest BCUT2D eigenvalue weighted by Crippen LogP contribution is -2.46. The van der Waals surface area contributed by atoms with Crippen LogP contribution in [0.1, 0.15) is 17.3 Å². The van der Waals surface area contributed by atoms with E-state index in [0.717, 1.165) is 3.57 Å². The van der Waals surface area contributed by atoms with E-state index in [1.54, 1.807) is 23.1 Å². The summed E-state index contributed by atoms with van der Waals surface area (Å²) in [6, 6.07) is 7.07. The van der Waals surface area contributed by atoms with Gasteiger partial charge in [-0.1, -0.05) is 6.07 Å². The van der Waals surface area contributed by atoms with Crippen molar-refractivity contribution in [3.05, 3.63) is 33.4 Å². The van der Waals surface area contributed by atoms with E-state index in [1.165, 1.54) is 0 Å². The van der Waals surface area contributed by atoms with Crippen LogP contribution in [0.15, 0.2) is 24.3 Å². The number of morpholine rings is 1. The zero-order chi connectivity index (χ0) is 14.5. The molecule has 0 saturated carbocycles. The lowest BCUT2D eigenvalue weighted by atomic mass is 10.2. The Labute approximate surface area is 131 Å². The van der Waals surface area contributed by atoms with Crippen molar-refractivity contribution >= 4 is 34.5 Å². The topological polar surface area (TPSA) is 55.8 Å². The summed E-state index contributed by atoms with van der Waals surface area (Å²) in [5, 5.41) is 0. The van der Waals surface area contributed by atoms with Crippen molar-refractivity contribution in [3.8, 4) is 0 Å². The second-order valence-corrected chi connectivity index (χ2v) is 5.85. The SMILES string of the molecule is CC1CN(C(=O)COC(=O)c2cccc(I)c2)CCO1. The van der Waals surface area contributed by atoms with Crippen molar-refractivity contribution in [2.75, 3.05) is 26.3 Å². The van der Waals surface area contributed by atoms with Crippen LogP contribution in [-0.2, 0) is 14.3 Å².